The number of hydrogen-bond acceptors (Lipinski definition) is 16. The van der Waals surface area contributed by atoms with E-state index in [0.29, 0.717) is 99.8 Å². The van der Waals surface area contributed by atoms with E-state index >= 15 is 0 Å². The number of aromatic nitrogens is 2. The summed E-state index contributed by atoms with van der Waals surface area (Å²) >= 11 is 6.37. The topological polar surface area (TPSA) is 251 Å². The number of sulfonamides is 1. The number of H-pyrrole nitrogens is 1. The number of halogens is 1. The second kappa shape index (κ2) is 26.2. The second-order valence-corrected chi connectivity index (χ2v) is 24.9. The number of nitro benzene ring substituents is 1. The normalized spacial score (nSPS) is 17.6. The Labute approximate surface area is 513 Å². The van der Waals surface area contributed by atoms with Gasteiger partial charge in [0.1, 0.15) is 34.6 Å². The molecule has 1 unspecified atom stereocenters. The number of hydrogen-bond donors (Lipinski definition) is 4. The van der Waals surface area contributed by atoms with Gasteiger partial charge in [-0.15, -0.1) is 0 Å². The first-order chi connectivity index (χ1) is 42.7. The Morgan fingerprint density at radius 2 is 1.67 bits per heavy atom. The van der Waals surface area contributed by atoms with E-state index in [1.807, 2.05) is 54.6 Å². The first-order valence-electron chi connectivity index (χ1n) is 29.6. The number of ether oxygens (including phenoxy) is 3. The number of carbonyl (C=O) groups excluding carboxylic acids is 4. The van der Waals surface area contributed by atoms with Crippen molar-refractivity contribution in [2.45, 2.75) is 62.6 Å². The quantitative estimate of drug-likeness (QED) is 0.0183. The van der Waals surface area contributed by atoms with Crippen LogP contribution < -0.4 is 29.7 Å². The van der Waals surface area contributed by atoms with Crippen LogP contribution >= 0.6 is 11.6 Å². The van der Waals surface area contributed by atoms with Crippen molar-refractivity contribution in [2.24, 2.45) is 11.8 Å². The summed E-state index contributed by atoms with van der Waals surface area (Å²) in [6.45, 7) is 8.38. The SMILES string of the molecule is O=C1CCC(N2Cc3c(C#CCCCN4CC(COc5cccc(-c6ccc(Cl)cc6)c5CN5CCN(c6ccc(C(=O)NS(=O)(=O)c7ccc(NCC8CCOCC8)c([N+](=O)[O-])c7)c(Oc7cnc8[nH]ccc8c7)c6)CC5)C4)cccc3C2=O)C(=O)N1. The molecule has 4 amide bonds. The summed E-state index contributed by atoms with van der Waals surface area (Å²) in [6, 6.07) is 30.9. The van der Waals surface area contributed by atoms with Gasteiger partial charge in [0.2, 0.25) is 11.8 Å². The van der Waals surface area contributed by atoms with Crippen molar-refractivity contribution in [2.75, 3.05) is 82.4 Å². The van der Waals surface area contributed by atoms with Crippen LogP contribution in [0.15, 0.2) is 126 Å². The largest absolute Gasteiger partial charge is 0.493 e. The Morgan fingerprint density at radius 3 is 2.47 bits per heavy atom. The third kappa shape index (κ3) is 13.5. The second-order valence-electron chi connectivity index (χ2n) is 22.8. The average molecular weight is 1230 g/mol. The minimum absolute atomic E-state index is 0.0800. The summed E-state index contributed by atoms with van der Waals surface area (Å²) in [5.74, 6) is 6.43. The van der Waals surface area contributed by atoms with Crippen LogP contribution in [-0.2, 0) is 37.4 Å². The highest BCUT2D eigenvalue weighted by atomic mass is 35.5. The van der Waals surface area contributed by atoms with Crippen molar-refractivity contribution < 1.29 is 46.7 Å². The van der Waals surface area contributed by atoms with Gasteiger partial charge in [-0.2, -0.15) is 0 Å². The molecule has 4 N–H and O–H groups in total. The molecule has 5 aliphatic heterocycles. The monoisotopic (exact) mass is 1230 g/mol. The van der Waals surface area contributed by atoms with Gasteiger partial charge in [-0.05, 0) is 122 Å². The predicted molar refractivity (Wildman–Crippen MR) is 331 cm³/mol. The molecular formula is C65H65ClN10O11S. The van der Waals surface area contributed by atoms with Gasteiger partial charge in [0.25, 0.3) is 27.5 Å². The number of pyridine rings is 1. The third-order valence-corrected chi connectivity index (χ3v) is 18.5. The third-order valence-electron chi connectivity index (χ3n) is 16.9. The number of nitro groups is 1. The van der Waals surface area contributed by atoms with Crippen LogP contribution in [0.3, 0.4) is 0 Å². The fourth-order valence-corrected chi connectivity index (χ4v) is 13.2. The van der Waals surface area contributed by atoms with E-state index in [1.54, 1.807) is 35.4 Å². The highest BCUT2D eigenvalue weighted by molar-refractivity contribution is 7.90. The maximum absolute atomic E-state index is 14.1. The molecule has 1 atom stereocenters. The fraction of sp³-hybridized carbons (Fsp3) is 0.338. The van der Waals surface area contributed by atoms with Gasteiger partial charge in [-0.1, -0.05) is 53.8 Å². The van der Waals surface area contributed by atoms with Crippen molar-refractivity contribution in [1.29, 1.82) is 0 Å². The Bertz CT molecular complexity index is 4000. The number of unbranched alkanes of at least 4 members (excludes halogenated alkanes) is 1. The maximum atomic E-state index is 14.1. The summed E-state index contributed by atoms with van der Waals surface area (Å²) in [7, 11) is -4.62. The van der Waals surface area contributed by atoms with Crippen LogP contribution in [0.1, 0.15) is 75.9 Å². The highest BCUT2D eigenvalue weighted by Crippen LogP contribution is 2.37. The zero-order chi connectivity index (χ0) is 60.9. The lowest BCUT2D eigenvalue weighted by Gasteiger charge is -2.39. The van der Waals surface area contributed by atoms with Crippen molar-refractivity contribution in [3.05, 3.63) is 165 Å². The molecule has 23 heteroatoms. The Morgan fingerprint density at radius 1 is 0.875 bits per heavy atom. The van der Waals surface area contributed by atoms with E-state index in [0.717, 1.165) is 89.6 Å². The van der Waals surface area contributed by atoms with Gasteiger partial charge >= 0.3 is 0 Å². The molecule has 4 saturated heterocycles. The molecule has 4 fully saturated rings. The number of amides is 4. The number of likely N-dealkylation sites (tertiary alicyclic amines) is 1. The van der Waals surface area contributed by atoms with Crippen LogP contribution in [0.5, 0.6) is 17.2 Å². The number of piperidine rings is 1. The Hall–Kier alpha value is -8.85. The summed E-state index contributed by atoms with van der Waals surface area (Å²) in [5, 5.41) is 19.1. The predicted octanol–water partition coefficient (Wildman–Crippen LogP) is 8.77. The molecule has 0 bridgehead atoms. The van der Waals surface area contributed by atoms with Crippen molar-refractivity contribution >= 4 is 73.3 Å². The standard InChI is InChI=1S/C65H65ClN10O11S/c66-47-13-11-45(12-14-47)51-8-5-10-59(86-41-43-37-73(38-43)25-3-1-2-6-44-7-4-9-52-54(44)40-75(65(52)80)57-19-20-61(77)70-64(57)79)55(51)39-72-26-28-74(29-27-72)48-15-17-53(60(33-48)87-49-32-46-21-24-67-62(46)69-36-49)63(78)71-88(83,84)50-16-18-56(58(34-50)76(81)82)68-35-42-22-30-85-31-23-42/h4-5,7-18,21,24,32-34,36,42-43,57,68H,1,3,19-20,22-23,25-31,35,37-41H2,(H,67,69)(H,71,78)(H,70,77,79). The van der Waals surface area contributed by atoms with Gasteiger partial charge in [-0.3, -0.25) is 39.5 Å². The van der Waals surface area contributed by atoms with Gasteiger partial charge in [0.05, 0.1) is 28.2 Å². The molecule has 7 heterocycles. The minimum Gasteiger partial charge on any atom is -0.493 e. The molecule has 2 aromatic heterocycles. The molecule has 0 spiro atoms. The number of piperazine rings is 1. The zero-order valence-electron chi connectivity index (χ0n) is 48.2. The molecule has 0 aliphatic carbocycles. The Kier molecular flexibility index (Phi) is 17.7. The summed E-state index contributed by atoms with van der Waals surface area (Å²) in [5.41, 5.74) is 6.31. The molecule has 21 nitrogen and oxygen atoms in total. The number of imide groups is 1. The smallest absolute Gasteiger partial charge is 0.293 e. The number of anilines is 2. The van der Waals surface area contributed by atoms with Crippen LogP contribution in [0.2, 0.25) is 5.02 Å². The molecule has 0 saturated carbocycles. The van der Waals surface area contributed by atoms with E-state index < -0.39 is 43.4 Å². The minimum atomic E-state index is -4.62. The molecule has 12 rings (SSSR count). The molecule has 7 aromatic rings. The van der Waals surface area contributed by atoms with Crippen LogP contribution in [0.4, 0.5) is 17.1 Å². The lowest BCUT2D eigenvalue weighted by molar-refractivity contribution is -0.384. The number of nitrogens with zero attached hydrogens (tertiary/aromatic N) is 6. The molecular weight excluding hydrogens is 1160 g/mol. The van der Waals surface area contributed by atoms with Crippen molar-refractivity contribution in [3.8, 4) is 40.2 Å². The molecule has 5 aromatic carbocycles. The van der Waals surface area contributed by atoms with Gasteiger partial charge < -0.3 is 39.2 Å². The number of nitrogens with one attached hydrogen (secondary N) is 4. The van der Waals surface area contributed by atoms with Gasteiger partial charge in [0.15, 0.2) is 0 Å². The number of aromatic amines is 1. The lowest BCUT2D eigenvalue weighted by atomic mass is 9.97. The molecule has 88 heavy (non-hydrogen) atoms. The molecule has 5 aliphatic rings. The summed E-state index contributed by atoms with van der Waals surface area (Å²) in [6.07, 6.45) is 6.94. The van der Waals surface area contributed by atoms with Crippen LogP contribution in [-0.4, -0.2) is 140 Å². The van der Waals surface area contributed by atoms with E-state index in [2.05, 4.69) is 57.9 Å². The first kappa shape index (κ1) is 59.5. The summed E-state index contributed by atoms with van der Waals surface area (Å²) in [4.78, 5) is 78.9. The number of rotatable bonds is 20. The fourth-order valence-electron chi connectivity index (χ4n) is 12.1. The Balaban J connectivity index is 0.680. The van der Waals surface area contributed by atoms with Crippen LogP contribution in [0, 0.1) is 33.8 Å². The zero-order valence-corrected chi connectivity index (χ0v) is 49.7. The number of carbonyl (C=O) groups is 4. The number of fused-ring (bicyclic) bond motifs is 2. The van der Waals surface area contributed by atoms with Crippen molar-refractivity contribution in [1.82, 2.24) is 34.7 Å². The van der Waals surface area contributed by atoms with Crippen LogP contribution in [0.25, 0.3) is 22.2 Å². The molecule has 454 valence electrons. The van der Waals surface area contributed by atoms with E-state index in [9.17, 15) is 37.7 Å². The lowest BCUT2D eigenvalue weighted by Crippen LogP contribution is -2.52. The molecule has 0 radical (unpaired) electrons. The van der Waals surface area contributed by atoms with E-state index in [-0.39, 0.29) is 47.7 Å². The maximum Gasteiger partial charge on any atom is 0.293 e. The van der Waals surface area contributed by atoms with Gasteiger partial charge in [-0.25, -0.2) is 18.1 Å². The highest BCUT2D eigenvalue weighted by Gasteiger charge is 2.40. The summed E-state index contributed by atoms with van der Waals surface area (Å²) < 4.78 is 48.4. The number of benzene rings is 5. The first-order valence-corrected chi connectivity index (χ1v) is 31.4. The van der Waals surface area contributed by atoms with Gasteiger partial charge in [0, 0.05) is 142 Å². The van der Waals surface area contributed by atoms with E-state index in [1.165, 1.54) is 24.4 Å². The average Bonchev–Trinajstić information content (AvgIpc) is 1.93. The van der Waals surface area contributed by atoms with Crippen molar-refractivity contribution in [3.63, 3.8) is 0 Å². The van der Waals surface area contributed by atoms with E-state index in [4.69, 9.17) is 25.8 Å².